The molecule has 4 N–H and O–H groups in total. The van der Waals surface area contributed by atoms with Crippen LogP contribution in [-0.4, -0.2) is 44.5 Å². The number of aromatic amines is 1. The average Bonchev–Trinajstić information content (AvgIpc) is 3.28. The number of carbonyl (C=O) groups is 1. The molecule has 0 saturated heterocycles. The third-order valence-corrected chi connectivity index (χ3v) is 4.32. The predicted molar refractivity (Wildman–Crippen MR) is 105 cm³/mol. The third-order valence-electron chi connectivity index (χ3n) is 4.32. The maximum Gasteiger partial charge on any atom is 0.321 e. The molecule has 3 rings (SSSR count). The molecule has 2 amide bonds. The van der Waals surface area contributed by atoms with E-state index in [-0.39, 0.29) is 11.8 Å². The lowest BCUT2D eigenvalue weighted by Gasteiger charge is -2.17. The Hall–Kier alpha value is -3.80. The number of rotatable bonds is 7. The van der Waals surface area contributed by atoms with E-state index in [1.54, 1.807) is 29.0 Å². The van der Waals surface area contributed by atoms with Gasteiger partial charge in [-0.2, -0.15) is 15.5 Å². The van der Waals surface area contributed by atoms with Crippen LogP contribution in [-0.2, 0) is 13.0 Å². The van der Waals surface area contributed by atoms with E-state index in [0.717, 1.165) is 5.56 Å². The number of nitriles is 1. The number of hydrogen-bond acceptors (Lipinski definition) is 5. The van der Waals surface area contributed by atoms with Crippen LogP contribution < -0.4 is 11.1 Å². The Morgan fingerprint density at radius 3 is 2.93 bits per heavy atom. The lowest BCUT2D eigenvalue weighted by Crippen LogP contribution is -2.32. The number of hydrogen-bond donors (Lipinski definition) is 3. The number of aromatic nitrogens is 4. The smallest absolute Gasteiger partial charge is 0.321 e. The molecule has 0 aliphatic rings. The van der Waals surface area contributed by atoms with Crippen LogP contribution in [0.2, 0.25) is 0 Å². The quantitative estimate of drug-likeness (QED) is 0.580. The minimum atomic E-state index is -0.219. The highest BCUT2D eigenvalue weighted by Gasteiger charge is 2.13. The van der Waals surface area contributed by atoms with Gasteiger partial charge in [-0.1, -0.05) is 30.3 Å². The number of anilines is 2. The molecule has 0 radical (unpaired) electrons. The highest BCUT2D eigenvalue weighted by Crippen LogP contribution is 2.14. The van der Waals surface area contributed by atoms with Crippen molar-refractivity contribution in [3.05, 3.63) is 59.5 Å². The molecule has 9 heteroatoms. The van der Waals surface area contributed by atoms with E-state index in [2.05, 4.69) is 20.6 Å². The monoisotopic (exact) mass is 378 g/mol. The second-order valence-corrected chi connectivity index (χ2v) is 6.44. The molecule has 3 aromatic rings. The van der Waals surface area contributed by atoms with E-state index < -0.39 is 0 Å². The van der Waals surface area contributed by atoms with Crippen molar-refractivity contribution in [3.8, 4) is 6.07 Å². The Kier molecular flexibility index (Phi) is 5.91. The van der Waals surface area contributed by atoms with Gasteiger partial charge in [-0.15, -0.1) is 0 Å². The van der Waals surface area contributed by atoms with Gasteiger partial charge in [0.05, 0.1) is 24.1 Å². The lowest BCUT2D eigenvalue weighted by atomic mass is 10.1. The number of aryl methyl sites for hydroxylation is 1. The fourth-order valence-corrected chi connectivity index (χ4v) is 2.80. The zero-order chi connectivity index (χ0) is 19.9. The number of nitrogens with two attached hydrogens (primary N) is 1. The summed E-state index contributed by atoms with van der Waals surface area (Å²) in [5.74, 6) is 0.205. The van der Waals surface area contributed by atoms with Crippen LogP contribution in [0.4, 0.5) is 16.3 Å². The molecular weight excluding hydrogens is 356 g/mol. The number of urea groups is 1. The van der Waals surface area contributed by atoms with Gasteiger partial charge in [0.15, 0.2) is 5.82 Å². The first-order valence-electron chi connectivity index (χ1n) is 8.88. The summed E-state index contributed by atoms with van der Waals surface area (Å²) < 4.78 is 1.77. The highest BCUT2D eigenvalue weighted by molar-refractivity contribution is 5.88. The average molecular weight is 378 g/mol. The van der Waals surface area contributed by atoms with E-state index in [4.69, 9.17) is 11.0 Å². The first-order valence-corrected chi connectivity index (χ1v) is 8.88. The van der Waals surface area contributed by atoms with Crippen LogP contribution in [0.15, 0.2) is 42.7 Å². The molecule has 9 nitrogen and oxygen atoms in total. The van der Waals surface area contributed by atoms with Gasteiger partial charge in [0.25, 0.3) is 0 Å². The number of benzene rings is 1. The SMILES string of the molecule is CN(CCCc1[nH]nc(N)c1C#N)C(=O)Nc1cnn(Cc2ccccc2)c1. The Balaban J connectivity index is 1.47. The van der Waals surface area contributed by atoms with Gasteiger partial charge >= 0.3 is 6.03 Å². The lowest BCUT2D eigenvalue weighted by molar-refractivity contribution is 0.222. The molecule has 0 atom stereocenters. The maximum atomic E-state index is 12.3. The number of nitrogens with one attached hydrogen (secondary N) is 2. The number of carbonyl (C=O) groups excluding carboxylic acids is 1. The molecule has 0 fully saturated rings. The van der Waals surface area contributed by atoms with Crippen molar-refractivity contribution in [1.82, 2.24) is 24.9 Å². The van der Waals surface area contributed by atoms with Crippen LogP contribution in [0.1, 0.15) is 23.2 Å². The van der Waals surface area contributed by atoms with Gasteiger partial charge in [0, 0.05) is 19.8 Å². The summed E-state index contributed by atoms with van der Waals surface area (Å²) in [5.41, 5.74) is 8.46. The molecule has 1 aromatic carbocycles. The normalized spacial score (nSPS) is 10.4. The summed E-state index contributed by atoms with van der Waals surface area (Å²) in [4.78, 5) is 13.9. The van der Waals surface area contributed by atoms with Crippen molar-refractivity contribution < 1.29 is 4.79 Å². The maximum absolute atomic E-state index is 12.3. The Labute approximate surface area is 162 Å². The van der Waals surface area contributed by atoms with Crippen LogP contribution in [0, 0.1) is 11.3 Å². The van der Waals surface area contributed by atoms with Crippen LogP contribution in [0.25, 0.3) is 0 Å². The Morgan fingerprint density at radius 1 is 1.39 bits per heavy atom. The molecule has 0 unspecified atom stereocenters. The molecule has 0 saturated carbocycles. The van der Waals surface area contributed by atoms with Crippen LogP contribution in [0.3, 0.4) is 0 Å². The molecule has 2 heterocycles. The first kappa shape index (κ1) is 19.0. The third kappa shape index (κ3) is 4.67. The summed E-state index contributed by atoms with van der Waals surface area (Å²) >= 11 is 0. The van der Waals surface area contributed by atoms with E-state index in [1.807, 2.05) is 36.4 Å². The molecule has 0 aliphatic heterocycles. The zero-order valence-corrected chi connectivity index (χ0v) is 15.6. The van der Waals surface area contributed by atoms with Gasteiger partial charge in [-0.3, -0.25) is 9.78 Å². The summed E-state index contributed by atoms with van der Waals surface area (Å²) in [6.45, 7) is 1.16. The summed E-state index contributed by atoms with van der Waals surface area (Å²) in [6, 6.07) is 11.8. The van der Waals surface area contributed by atoms with Gasteiger partial charge in [-0.25, -0.2) is 4.79 Å². The molecule has 0 aliphatic carbocycles. The molecule has 0 spiro atoms. The van der Waals surface area contributed by atoms with Crippen molar-refractivity contribution in [2.24, 2.45) is 0 Å². The van der Waals surface area contributed by atoms with Crippen molar-refractivity contribution in [3.63, 3.8) is 0 Å². The Morgan fingerprint density at radius 2 is 2.18 bits per heavy atom. The van der Waals surface area contributed by atoms with Crippen LogP contribution in [0.5, 0.6) is 0 Å². The standard InChI is InChI=1S/C19H22N8O/c1-26(9-5-8-17-16(10-20)18(21)25-24-17)19(28)23-15-11-22-27(13-15)12-14-6-3-2-4-7-14/h2-4,6-7,11,13H,5,8-9,12H2,1H3,(H,23,28)(H3,21,24,25). The van der Waals surface area contributed by atoms with Crippen LogP contribution >= 0.6 is 0 Å². The topological polar surface area (TPSA) is 129 Å². The van der Waals surface area contributed by atoms with Gasteiger partial charge < -0.3 is 16.0 Å². The largest absolute Gasteiger partial charge is 0.381 e. The summed E-state index contributed by atoms with van der Waals surface area (Å²) in [6.07, 6.45) is 4.68. The fourth-order valence-electron chi connectivity index (χ4n) is 2.80. The summed E-state index contributed by atoms with van der Waals surface area (Å²) in [5, 5.41) is 22.8. The van der Waals surface area contributed by atoms with E-state index in [0.29, 0.717) is 42.9 Å². The van der Waals surface area contributed by atoms with Gasteiger partial charge in [0.1, 0.15) is 11.6 Å². The zero-order valence-electron chi connectivity index (χ0n) is 15.6. The van der Waals surface area contributed by atoms with E-state index in [9.17, 15) is 4.79 Å². The molecule has 2 aromatic heterocycles. The number of nitrogens with zero attached hydrogens (tertiary/aromatic N) is 5. The second-order valence-electron chi connectivity index (χ2n) is 6.44. The molecule has 28 heavy (non-hydrogen) atoms. The summed E-state index contributed by atoms with van der Waals surface area (Å²) in [7, 11) is 1.72. The predicted octanol–water partition coefficient (Wildman–Crippen LogP) is 2.20. The van der Waals surface area contributed by atoms with Gasteiger partial charge in [-0.05, 0) is 18.4 Å². The molecular formula is C19H22N8O. The van der Waals surface area contributed by atoms with E-state index >= 15 is 0 Å². The fraction of sp³-hybridized carbons (Fsp3) is 0.263. The van der Waals surface area contributed by atoms with Crippen molar-refractivity contribution in [2.75, 3.05) is 24.6 Å². The molecule has 144 valence electrons. The minimum absolute atomic E-state index is 0.205. The Bertz CT molecular complexity index is 969. The number of nitrogen functional groups attached to an aromatic ring is 1. The molecule has 0 bridgehead atoms. The van der Waals surface area contributed by atoms with Crippen molar-refractivity contribution in [1.29, 1.82) is 5.26 Å². The van der Waals surface area contributed by atoms with Crippen molar-refractivity contribution >= 4 is 17.5 Å². The number of H-pyrrole nitrogens is 1. The first-order chi connectivity index (χ1) is 13.6. The van der Waals surface area contributed by atoms with Gasteiger partial charge in [0.2, 0.25) is 0 Å². The second kappa shape index (κ2) is 8.73. The van der Waals surface area contributed by atoms with E-state index in [1.165, 1.54) is 0 Å². The van der Waals surface area contributed by atoms with Crippen molar-refractivity contribution in [2.45, 2.75) is 19.4 Å². The minimum Gasteiger partial charge on any atom is -0.381 e. The highest BCUT2D eigenvalue weighted by atomic mass is 16.2. The number of amides is 2.